The number of ether oxygens (including phenoxy) is 3. The average Bonchev–Trinajstić information content (AvgIpc) is 3.37. The summed E-state index contributed by atoms with van der Waals surface area (Å²) >= 11 is 3.52. The molecule has 0 aliphatic heterocycles. The van der Waals surface area contributed by atoms with Gasteiger partial charge in [0.1, 0.15) is 5.58 Å². The molecule has 1 atom stereocenters. The van der Waals surface area contributed by atoms with Crippen molar-refractivity contribution in [1.29, 1.82) is 0 Å². The molecule has 0 aliphatic carbocycles. The van der Waals surface area contributed by atoms with Crippen molar-refractivity contribution in [2.75, 3.05) is 13.7 Å². The van der Waals surface area contributed by atoms with E-state index in [1.54, 1.807) is 44.2 Å². The van der Waals surface area contributed by atoms with Gasteiger partial charge in [-0.05, 0) is 66.2 Å². The maximum absolute atomic E-state index is 13.5. The number of hydrogen-bond donors (Lipinski definition) is 0. The predicted octanol–water partition coefficient (Wildman–Crippen LogP) is 5.79. The summed E-state index contributed by atoms with van der Waals surface area (Å²) in [4.78, 5) is 30.3. The number of rotatable bonds is 8. The molecule has 2 heterocycles. The Hall–Kier alpha value is -4.44. The van der Waals surface area contributed by atoms with Crippen molar-refractivity contribution in [3.63, 3.8) is 0 Å². The van der Waals surface area contributed by atoms with Gasteiger partial charge < -0.3 is 18.6 Å². The molecule has 2 aromatic heterocycles. The zero-order valence-electron chi connectivity index (χ0n) is 21.4. The lowest BCUT2D eigenvalue weighted by molar-refractivity contribution is -0.150. The summed E-state index contributed by atoms with van der Waals surface area (Å²) in [6.45, 7) is 3.58. The van der Waals surface area contributed by atoms with Gasteiger partial charge in [0, 0.05) is 15.4 Å². The van der Waals surface area contributed by atoms with E-state index in [0.29, 0.717) is 43.8 Å². The molecule has 0 radical (unpaired) electrons. The Morgan fingerprint density at radius 2 is 1.90 bits per heavy atom. The molecule has 9 nitrogen and oxygen atoms in total. The van der Waals surface area contributed by atoms with Crippen molar-refractivity contribution in [3.05, 3.63) is 87.1 Å². The maximum Gasteiger partial charge on any atom is 0.347 e. The molecule has 0 N–H and O–H groups in total. The van der Waals surface area contributed by atoms with Crippen LogP contribution in [0.5, 0.6) is 11.5 Å². The lowest BCUT2D eigenvalue weighted by Crippen LogP contribution is -2.26. The van der Waals surface area contributed by atoms with Crippen LogP contribution in [0.1, 0.15) is 19.4 Å². The molecule has 0 spiro atoms. The molecule has 5 rings (SSSR count). The van der Waals surface area contributed by atoms with Crippen LogP contribution in [-0.4, -0.2) is 41.7 Å². The molecular weight excluding hydrogens is 566 g/mol. The van der Waals surface area contributed by atoms with Crippen LogP contribution in [0.4, 0.5) is 0 Å². The minimum Gasteiger partial charge on any atom is -0.493 e. The van der Waals surface area contributed by atoms with E-state index in [9.17, 15) is 9.59 Å². The SMILES string of the molecule is CCOC(=O)[C@@H](C)Oc1cc(Br)c(C=Nn2c(-c3cc4ccccc4o3)nc3ccccc3c2=O)cc1OC. The van der Waals surface area contributed by atoms with Gasteiger partial charge in [-0.3, -0.25) is 4.79 Å². The minimum atomic E-state index is -0.834. The van der Waals surface area contributed by atoms with Crippen molar-refractivity contribution < 1.29 is 23.4 Å². The van der Waals surface area contributed by atoms with Crippen LogP contribution in [0.15, 0.2) is 85.5 Å². The van der Waals surface area contributed by atoms with Crippen LogP contribution in [0, 0.1) is 0 Å². The molecule has 0 unspecified atom stereocenters. The van der Waals surface area contributed by atoms with Crippen LogP contribution in [0.25, 0.3) is 33.5 Å². The average molecular weight is 590 g/mol. The molecule has 0 amide bonds. The van der Waals surface area contributed by atoms with E-state index < -0.39 is 12.1 Å². The van der Waals surface area contributed by atoms with E-state index in [1.807, 2.05) is 36.4 Å². The van der Waals surface area contributed by atoms with Crippen LogP contribution in [0.2, 0.25) is 0 Å². The third-order valence-corrected chi connectivity index (χ3v) is 6.60. The second kappa shape index (κ2) is 11.1. The predicted molar refractivity (Wildman–Crippen MR) is 152 cm³/mol. The minimum absolute atomic E-state index is 0.252. The Balaban J connectivity index is 1.58. The third-order valence-electron chi connectivity index (χ3n) is 5.92. The summed E-state index contributed by atoms with van der Waals surface area (Å²) in [5.41, 5.74) is 1.45. The zero-order valence-corrected chi connectivity index (χ0v) is 23.0. The highest BCUT2D eigenvalue weighted by atomic mass is 79.9. The van der Waals surface area contributed by atoms with E-state index in [2.05, 4.69) is 21.0 Å². The third kappa shape index (κ3) is 5.28. The summed E-state index contributed by atoms with van der Waals surface area (Å²) in [7, 11) is 1.49. The van der Waals surface area contributed by atoms with Crippen molar-refractivity contribution in [3.8, 4) is 23.1 Å². The molecule has 0 aliphatic rings. The maximum atomic E-state index is 13.5. The number of furan rings is 1. The quantitative estimate of drug-likeness (QED) is 0.166. The number of halogens is 1. The van der Waals surface area contributed by atoms with Gasteiger partial charge in [0.2, 0.25) is 5.82 Å². The van der Waals surface area contributed by atoms with Crippen molar-refractivity contribution >= 4 is 50.0 Å². The topological polar surface area (TPSA) is 105 Å². The molecule has 5 aromatic rings. The first-order valence-electron chi connectivity index (χ1n) is 12.2. The zero-order chi connectivity index (χ0) is 27.5. The fraction of sp³-hybridized carbons (Fsp3) is 0.172. The Morgan fingerprint density at radius 1 is 1.13 bits per heavy atom. The second-order valence-electron chi connectivity index (χ2n) is 8.50. The van der Waals surface area contributed by atoms with Crippen molar-refractivity contribution in [1.82, 2.24) is 9.66 Å². The normalized spacial score (nSPS) is 12.2. The molecule has 0 saturated heterocycles. The summed E-state index contributed by atoms with van der Waals surface area (Å²) in [6.07, 6.45) is 0.675. The summed E-state index contributed by atoms with van der Waals surface area (Å²) in [6, 6.07) is 19.8. The molecular formula is C29H24BrN3O6. The summed E-state index contributed by atoms with van der Waals surface area (Å²) in [5.74, 6) is 0.900. The molecule has 0 bridgehead atoms. The monoisotopic (exact) mass is 589 g/mol. The highest BCUT2D eigenvalue weighted by molar-refractivity contribution is 9.10. The Bertz CT molecular complexity index is 1740. The summed E-state index contributed by atoms with van der Waals surface area (Å²) in [5, 5.41) is 5.81. The molecule has 10 heteroatoms. The van der Waals surface area contributed by atoms with Gasteiger partial charge in [0.25, 0.3) is 5.56 Å². The summed E-state index contributed by atoms with van der Waals surface area (Å²) < 4.78 is 24.1. The Morgan fingerprint density at radius 3 is 2.67 bits per heavy atom. The number of carbonyl (C=O) groups is 1. The van der Waals surface area contributed by atoms with Crippen LogP contribution in [0.3, 0.4) is 0 Å². The van der Waals surface area contributed by atoms with Crippen molar-refractivity contribution in [2.24, 2.45) is 5.10 Å². The number of carbonyl (C=O) groups excluding carboxylic acids is 1. The molecule has 0 saturated carbocycles. The van der Waals surface area contributed by atoms with E-state index in [1.165, 1.54) is 18.0 Å². The number of hydrogen-bond acceptors (Lipinski definition) is 8. The number of fused-ring (bicyclic) bond motifs is 2. The first-order valence-corrected chi connectivity index (χ1v) is 12.9. The highest BCUT2D eigenvalue weighted by Crippen LogP contribution is 2.34. The highest BCUT2D eigenvalue weighted by Gasteiger charge is 2.20. The number of methoxy groups -OCH3 is 1. The van der Waals surface area contributed by atoms with Crippen LogP contribution >= 0.6 is 15.9 Å². The number of nitrogens with zero attached hydrogens (tertiary/aromatic N) is 3. The van der Waals surface area contributed by atoms with Gasteiger partial charge in [0.05, 0.1) is 30.8 Å². The van der Waals surface area contributed by atoms with Gasteiger partial charge >= 0.3 is 5.97 Å². The largest absolute Gasteiger partial charge is 0.493 e. The molecule has 198 valence electrons. The smallest absolute Gasteiger partial charge is 0.347 e. The van der Waals surface area contributed by atoms with Crippen LogP contribution in [-0.2, 0) is 9.53 Å². The van der Waals surface area contributed by atoms with Crippen molar-refractivity contribution in [2.45, 2.75) is 20.0 Å². The fourth-order valence-corrected chi connectivity index (χ4v) is 4.43. The van der Waals surface area contributed by atoms with E-state index in [4.69, 9.17) is 23.6 Å². The van der Waals surface area contributed by atoms with Gasteiger partial charge in [-0.25, -0.2) is 9.78 Å². The Labute approximate surface area is 231 Å². The number of benzene rings is 3. The van der Waals surface area contributed by atoms with E-state index >= 15 is 0 Å². The second-order valence-corrected chi connectivity index (χ2v) is 9.35. The lowest BCUT2D eigenvalue weighted by Gasteiger charge is -2.16. The van der Waals surface area contributed by atoms with E-state index in [-0.39, 0.29) is 18.0 Å². The fourth-order valence-electron chi connectivity index (χ4n) is 4.00. The first-order chi connectivity index (χ1) is 18.9. The van der Waals surface area contributed by atoms with Gasteiger partial charge in [-0.2, -0.15) is 9.78 Å². The van der Waals surface area contributed by atoms with Gasteiger partial charge in [-0.1, -0.05) is 30.3 Å². The number of esters is 1. The number of aromatic nitrogens is 2. The Kier molecular flexibility index (Phi) is 7.47. The van der Waals surface area contributed by atoms with Gasteiger partial charge in [-0.15, -0.1) is 0 Å². The molecule has 3 aromatic carbocycles. The van der Waals surface area contributed by atoms with Crippen LogP contribution < -0.4 is 15.0 Å². The standard InChI is InChI=1S/C29H24BrN3O6/c1-4-37-29(35)17(2)38-25-15-21(30)19(14-24(25)36-3)16-31-33-27(26-13-18-9-5-8-12-23(18)39-26)32-22-11-7-6-10-20(22)28(33)34/h5-17H,4H2,1-3H3/t17-/m1/s1. The molecule has 0 fully saturated rings. The first kappa shape index (κ1) is 26.2. The van der Waals surface area contributed by atoms with Gasteiger partial charge in [0.15, 0.2) is 23.4 Å². The van der Waals surface area contributed by atoms with E-state index in [0.717, 1.165) is 5.39 Å². The molecule has 39 heavy (non-hydrogen) atoms. The number of para-hydroxylation sites is 2. The lowest BCUT2D eigenvalue weighted by atomic mass is 10.2.